The quantitative estimate of drug-likeness (QED) is 0.359. The number of carboxylic acid groups (broad SMARTS) is 1. The summed E-state index contributed by atoms with van der Waals surface area (Å²) in [6.45, 7) is 2.55. The number of benzene rings is 3. The molecule has 0 bridgehead atoms. The van der Waals surface area contributed by atoms with Crippen LogP contribution in [-0.2, 0) is 14.8 Å². The standard InChI is InChI=1S/C25H22N2O6S/c1-25(2,24(29)30)27-34(31,32)20-13-9-17(10-14-20)16-7-11-19(12-8-16)26-23(28)22-15-18-5-3-4-6-21(18)33-22/h3-15,27H,1-2H3,(H,26,28)(H,29,30). The van der Waals surface area contributed by atoms with Gasteiger partial charge in [0, 0.05) is 11.1 Å². The number of carbonyl (C=O) groups is 2. The molecule has 34 heavy (non-hydrogen) atoms. The van der Waals surface area contributed by atoms with Crippen molar-refractivity contribution < 1.29 is 27.5 Å². The monoisotopic (exact) mass is 478 g/mol. The van der Waals surface area contributed by atoms with E-state index in [1.165, 1.54) is 26.0 Å². The van der Waals surface area contributed by atoms with Crippen molar-refractivity contribution in [2.75, 3.05) is 5.32 Å². The average molecular weight is 479 g/mol. The average Bonchev–Trinajstić information content (AvgIpc) is 3.24. The molecule has 9 heteroatoms. The third-order valence-electron chi connectivity index (χ3n) is 5.21. The molecular weight excluding hydrogens is 456 g/mol. The molecule has 1 aromatic heterocycles. The Bertz CT molecular complexity index is 1440. The molecule has 0 spiro atoms. The second-order valence-corrected chi connectivity index (χ2v) is 9.92. The van der Waals surface area contributed by atoms with Gasteiger partial charge in [-0.05, 0) is 61.4 Å². The highest BCUT2D eigenvalue weighted by molar-refractivity contribution is 7.89. The smallest absolute Gasteiger partial charge is 0.324 e. The van der Waals surface area contributed by atoms with Crippen LogP contribution in [0.5, 0.6) is 0 Å². The zero-order valence-electron chi connectivity index (χ0n) is 18.4. The summed E-state index contributed by atoms with van der Waals surface area (Å²) in [6.07, 6.45) is 0. The lowest BCUT2D eigenvalue weighted by atomic mass is 10.1. The van der Waals surface area contributed by atoms with E-state index < -0.39 is 21.5 Å². The predicted molar refractivity (Wildman–Crippen MR) is 128 cm³/mol. The lowest BCUT2D eigenvalue weighted by Gasteiger charge is -2.20. The van der Waals surface area contributed by atoms with Gasteiger partial charge < -0.3 is 14.8 Å². The number of carbonyl (C=O) groups excluding carboxylic acids is 1. The van der Waals surface area contributed by atoms with E-state index in [0.29, 0.717) is 11.3 Å². The Hall–Kier alpha value is -3.95. The molecule has 4 rings (SSSR count). The topological polar surface area (TPSA) is 126 Å². The van der Waals surface area contributed by atoms with Gasteiger partial charge in [0.05, 0.1) is 4.90 Å². The summed E-state index contributed by atoms with van der Waals surface area (Å²) >= 11 is 0. The van der Waals surface area contributed by atoms with Crippen LogP contribution in [-0.4, -0.2) is 30.9 Å². The van der Waals surface area contributed by atoms with Crippen LogP contribution in [0.4, 0.5) is 5.69 Å². The summed E-state index contributed by atoms with van der Waals surface area (Å²) in [6, 6.07) is 22.2. The Morgan fingerprint density at radius 1 is 0.882 bits per heavy atom. The third kappa shape index (κ3) is 4.85. The van der Waals surface area contributed by atoms with Crippen molar-refractivity contribution in [3.05, 3.63) is 84.6 Å². The van der Waals surface area contributed by atoms with E-state index in [9.17, 15) is 18.0 Å². The number of rotatable bonds is 7. The van der Waals surface area contributed by atoms with Crippen molar-refractivity contribution in [3.63, 3.8) is 0 Å². The van der Waals surface area contributed by atoms with Gasteiger partial charge in [0.1, 0.15) is 11.1 Å². The molecule has 0 radical (unpaired) electrons. The molecule has 0 aliphatic rings. The van der Waals surface area contributed by atoms with Gasteiger partial charge in [0.15, 0.2) is 5.76 Å². The first-order valence-corrected chi connectivity index (χ1v) is 11.8. The van der Waals surface area contributed by atoms with E-state index in [4.69, 9.17) is 9.52 Å². The fourth-order valence-electron chi connectivity index (χ4n) is 3.30. The van der Waals surface area contributed by atoms with Crippen molar-refractivity contribution in [3.8, 4) is 11.1 Å². The number of amides is 1. The molecule has 4 aromatic rings. The second-order valence-electron chi connectivity index (χ2n) is 8.24. The Balaban J connectivity index is 1.46. The van der Waals surface area contributed by atoms with E-state index in [-0.39, 0.29) is 16.6 Å². The highest BCUT2D eigenvalue weighted by Gasteiger charge is 2.33. The number of para-hydroxylation sites is 1. The number of nitrogens with one attached hydrogen (secondary N) is 2. The molecule has 1 amide bonds. The van der Waals surface area contributed by atoms with Crippen molar-refractivity contribution in [1.29, 1.82) is 0 Å². The summed E-state index contributed by atoms with van der Waals surface area (Å²) in [5.74, 6) is -1.43. The van der Waals surface area contributed by atoms with Gasteiger partial charge in [0.2, 0.25) is 10.0 Å². The molecule has 0 unspecified atom stereocenters. The summed E-state index contributed by atoms with van der Waals surface area (Å²) in [4.78, 5) is 23.7. The highest BCUT2D eigenvalue weighted by atomic mass is 32.2. The van der Waals surface area contributed by atoms with E-state index in [2.05, 4.69) is 10.0 Å². The number of anilines is 1. The van der Waals surface area contributed by atoms with Crippen LogP contribution >= 0.6 is 0 Å². The highest BCUT2D eigenvalue weighted by Crippen LogP contribution is 2.25. The molecule has 3 N–H and O–H groups in total. The third-order valence-corrected chi connectivity index (χ3v) is 6.89. The number of sulfonamides is 1. The van der Waals surface area contributed by atoms with E-state index in [0.717, 1.165) is 16.5 Å². The normalized spacial score (nSPS) is 11.9. The molecule has 8 nitrogen and oxygen atoms in total. The number of carboxylic acids is 1. The van der Waals surface area contributed by atoms with Crippen LogP contribution in [0.1, 0.15) is 24.4 Å². The maximum Gasteiger partial charge on any atom is 0.324 e. The Morgan fingerprint density at radius 2 is 1.47 bits per heavy atom. The molecule has 0 saturated carbocycles. The SMILES string of the molecule is CC(C)(NS(=O)(=O)c1ccc(-c2ccc(NC(=O)c3cc4ccccc4o3)cc2)cc1)C(=O)O. The summed E-state index contributed by atoms with van der Waals surface area (Å²) in [7, 11) is -4.01. The molecule has 0 fully saturated rings. The van der Waals surface area contributed by atoms with Crippen molar-refractivity contribution in [2.24, 2.45) is 0 Å². The van der Waals surface area contributed by atoms with Crippen LogP contribution in [0.2, 0.25) is 0 Å². The van der Waals surface area contributed by atoms with Gasteiger partial charge in [0.25, 0.3) is 5.91 Å². The molecule has 0 saturated heterocycles. The number of furan rings is 1. The number of aliphatic carboxylic acids is 1. The molecule has 174 valence electrons. The van der Waals surface area contributed by atoms with Gasteiger partial charge in [-0.3, -0.25) is 9.59 Å². The van der Waals surface area contributed by atoms with Crippen molar-refractivity contribution >= 4 is 38.6 Å². The molecular formula is C25H22N2O6S. The van der Waals surface area contributed by atoms with Gasteiger partial charge in [-0.15, -0.1) is 0 Å². The van der Waals surface area contributed by atoms with Gasteiger partial charge in [-0.1, -0.05) is 42.5 Å². The molecule has 0 aliphatic heterocycles. The minimum Gasteiger partial charge on any atom is -0.480 e. The minimum absolute atomic E-state index is 0.0414. The van der Waals surface area contributed by atoms with Crippen molar-refractivity contribution in [1.82, 2.24) is 4.72 Å². The molecule has 3 aromatic carbocycles. The molecule has 0 aliphatic carbocycles. The summed E-state index contributed by atoms with van der Waals surface area (Å²) in [5.41, 5.74) is 1.14. The summed E-state index contributed by atoms with van der Waals surface area (Å²) in [5, 5.41) is 12.8. The van der Waals surface area contributed by atoms with Crippen LogP contribution in [0.25, 0.3) is 22.1 Å². The first kappa shape index (κ1) is 23.2. The Morgan fingerprint density at radius 3 is 2.06 bits per heavy atom. The second kappa shape index (κ2) is 8.77. The summed E-state index contributed by atoms with van der Waals surface area (Å²) < 4.78 is 32.8. The van der Waals surface area contributed by atoms with Gasteiger partial charge in [-0.25, -0.2) is 8.42 Å². The number of hydrogen-bond acceptors (Lipinski definition) is 5. The number of fused-ring (bicyclic) bond motifs is 1. The first-order chi connectivity index (χ1) is 16.0. The largest absolute Gasteiger partial charge is 0.480 e. The zero-order chi connectivity index (χ0) is 24.5. The fraction of sp³-hybridized carbons (Fsp3) is 0.120. The lowest BCUT2D eigenvalue weighted by Crippen LogP contribution is -2.49. The first-order valence-electron chi connectivity index (χ1n) is 10.3. The minimum atomic E-state index is -4.01. The molecule has 0 atom stereocenters. The van der Waals surface area contributed by atoms with Crippen LogP contribution in [0.15, 0.2) is 88.2 Å². The van der Waals surface area contributed by atoms with Crippen LogP contribution in [0, 0.1) is 0 Å². The van der Waals surface area contributed by atoms with E-state index >= 15 is 0 Å². The zero-order valence-corrected chi connectivity index (χ0v) is 19.2. The maximum absolute atomic E-state index is 12.5. The van der Waals surface area contributed by atoms with Crippen molar-refractivity contribution in [2.45, 2.75) is 24.3 Å². The Kier molecular flexibility index (Phi) is 5.99. The lowest BCUT2D eigenvalue weighted by molar-refractivity contribution is -0.142. The number of hydrogen-bond donors (Lipinski definition) is 3. The van der Waals surface area contributed by atoms with Gasteiger partial charge in [-0.2, -0.15) is 4.72 Å². The maximum atomic E-state index is 12.5. The van der Waals surface area contributed by atoms with Crippen LogP contribution < -0.4 is 10.0 Å². The van der Waals surface area contributed by atoms with E-state index in [1.54, 1.807) is 48.5 Å². The van der Waals surface area contributed by atoms with Crippen LogP contribution in [0.3, 0.4) is 0 Å². The van der Waals surface area contributed by atoms with Gasteiger partial charge >= 0.3 is 5.97 Å². The predicted octanol–water partition coefficient (Wildman–Crippen LogP) is 4.49. The fourth-order valence-corrected chi connectivity index (χ4v) is 4.67. The van der Waals surface area contributed by atoms with E-state index in [1.807, 2.05) is 18.2 Å². The molecule has 1 heterocycles. The Labute approximate surface area is 196 Å².